The van der Waals surface area contributed by atoms with Gasteiger partial charge in [-0.15, -0.1) is 0 Å². The van der Waals surface area contributed by atoms with E-state index >= 15 is 0 Å². The molecule has 0 radical (unpaired) electrons. The van der Waals surface area contributed by atoms with E-state index in [2.05, 4.69) is 14.7 Å². The Morgan fingerprint density at radius 1 is 1.24 bits per heavy atom. The van der Waals surface area contributed by atoms with Crippen molar-refractivity contribution in [3.8, 4) is 0 Å². The van der Waals surface area contributed by atoms with Gasteiger partial charge in [0.2, 0.25) is 10.0 Å². The van der Waals surface area contributed by atoms with E-state index in [-0.39, 0.29) is 18.8 Å². The standard InChI is InChI=1S/C19H30N4O5S/c1-13-11-17(29(25,26)20-2)16(23(13)19(24)27-3)12-28-15-7-5-14(6-8-15)18-21-9-4-10-22-18/h4,9-10,13-17,20H,5-8,11-12H2,1-3H3. The molecule has 1 amide bonds. The lowest BCUT2D eigenvalue weighted by atomic mass is 9.87. The third-order valence-electron chi connectivity index (χ3n) is 6.03. The highest BCUT2D eigenvalue weighted by molar-refractivity contribution is 7.90. The number of nitrogens with zero attached hydrogens (tertiary/aromatic N) is 3. The molecule has 1 aliphatic heterocycles. The van der Waals surface area contributed by atoms with Crippen LogP contribution in [0.25, 0.3) is 0 Å². The van der Waals surface area contributed by atoms with Gasteiger partial charge in [-0.2, -0.15) is 0 Å². The first-order chi connectivity index (χ1) is 13.9. The molecule has 1 aromatic rings. The van der Waals surface area contributed by atoms with Crippen molar-refractivity contribution < 1.29 is 22.7 Å². The Balaban J connectivity index is 1.63. The van der Waals surface area contributed by atoms with Gasteiger partial charge in [0.1, 0.15) is 11.1 Å². The normalized spacial score (nSPS) is 30.3. The van der Waals surface area contributed by atoms with Crippen molar-refractivity contribution in [3.05, 3.63) is 24.3 Å². The number of likely N-dealkylation sites (tertiary alicyclic amines) is 1. The maximum absolute atomic E-state index is 12.5. The monoisotopic (exact) mass is 426 g/mol. The Morgan fingerprint density at radius 3 is 2.48 bits per heavy atom. The van der Waals surface area contributed by atoms with Crippen LogP contribution < -0.4 is 4.72 Å². The minimum atomic E-state index is -3.55. The number of nitrogens with one attached hydrogen (secondary N) is 1. The van der Waals surface area contributed by atoms with E-state index in [0.717, 1.165) is 31.5 Å². The van der Waals surface area contributed by atoms with Crippen LogP contribution in [-0.2, 0) is 19.5 Å². The summed E-state index contributed by atoms with van der Waals surface area (Å²) in [6, 6.07) is 0.990. The lowest BCUT2D eigenvalue weighted by Gasteiger charge is -2.32. The number of ether oxygens (including phenoxy) is 2. The fraction of sp³-hybridized carbons (Fsp3) is 0.737. The molecule has 0 spiro atoms. The van der Waals surface area contributed by atoms with E-state index in [4.69, 9.17) is 9.47 Å². The minimum Gasteiger partial charge on any atom is -0.453 e. The second-order valence-corrected chi connectivity index (χ2v) is 9.83. The largest absolute Gasteiger partial charge is 0.453 e. The van der Waals surface area contributed by atoms with Crippen LogP contribution in [0.15, 0.2) is 18.5 Å². The first-order valence-corrected chi connectivity index (χ1v) is 11.6. The minimum absolute atomic E-state index is 0.0308. The SMILES string of the molecule is CNS(=O)(=O)C1CC(C)N(C(=O)OC)C1COC1CCC(c2ncccn2)CC1. The van der Waals surface area contributed by atoms with Gasteiger partial charge in [-0.3, -0.25) is 4.90 Å². The van der Waals surface area contributed by atoms with Crippen molar-refractivity contribution in [2.45, 2.75) is 68.4 Å². The second-order valence-electron chi connectivity index (χ2n) is 7.73. The smallest absolute Gasteiger partial charge is 0.410 e. The van der Waals surface area contributed by atoms with Crippen molar-refractivity contribution in [1.29, 1.82) is 0 Å². The Kier molecular flexibility index (Phi) is 7.07. The van der Waals surface area contributed by atoms with E-state index in [1.807, 2.05) is 13.0 Å². The number of sulfonamides is 1. The summed E-state index contributed by atoms with van der Waals surface area (Å²) in [6.45, 7) is 2.00. The summed E-state index contributed by atoms with van der Waals surface area (Å²) >= 11 is 0. The van der Waals surface area contributed by atoms with Gasteiger partial charge in [0.05, 0.1) is 25.9 Å². The van der Waals surface area contributed by atoms with Gasteiger partial charge in [-0.25, -0.2) is 27.9 Å². The molecule has 1 N–H and O–H groups in total. The van der Waals surface area contributed by atoms with Crippen LogP contribution in [0, 0.1) is 0 Å². The van der Waals surface area contributed by atoms with Crippen molar-refractivity contribution in [3.63, 3.8) is 0 Å². The van der Waals surface area contributed by atoms with Gasteiger partial charge in [-0.1, -0.05) is 0 Å². The van der Waals surface area contributed by atoms with Gasteiger partial charge in [-0.05, 0) is 52.1 Å². The van der Waals surface area contributed by atoms with Crippen molar-refractivity contribution in [2.75, 3.05) is 20.8 Å². The number of methoxy groups -OCH3 is 1. The zero-order chi connectivity index (χ0) is 21.0. The molecule has 0 aromatic carbocycles. The summed E-state index contributed by atoms with van der Waals surface area (Å²) in [5.41, 5.74) is 0. The molecule has 1 aromatic heterocycles. The Bertz CT molecular complexity index is 783. The zero-order valence-corrected chi connectivity index (χ0v) is 18.0. The molecular weight excluding hydrogens is 396 g/mol. The predicted molar refractivity (Wildman–Crippen MR) is 107 cm³/mol. The molecule has 1 saturated heterocycles. The molecule has 3 unspecified atom stereocenters. The topological polar surface area (TPSA) is 111 Å². The summed E-state index contributed by atoms with van der Waals surface area (Å²) < 4.78 is 38.4. The maximum Gasteiger partial charge on any atom is 0.410 e. The quantitative estimate of drug-likeness (QED) is 0.736. The lowest BCUT2D eigenvalue weighted by Crippen LogP contribution is -2.49. The van der Waals surface area contributed by atoms with E-state index < -0.39 is 27.4 Å². The van der Waals surface area contributed by atoms with E-state index in [9.17, 15) is 13.2 Å². The molecular formula is C19H30N4O5S. The molecule has 162 valence electrons. The molecule has 3 rings (SSSR count). The molecule has 9 nitrogen and oxygen atoms in total. The van der Waals surface area contributed by atoms with Crippen LogP contribution in [0.1, 0.15) is 50.8 Å². The lowest BCUT2D eigenvalue weighted by molar-refractivity contribution is -0.00569. The molecule has 0 bridgehead atoms. The summed E-state index contributed by atoms with van der Waals surface area (Å²) in [6.07, 6.45) is 6.94. The molecule has 29 heavy (non-hydrogen) atoms. The number of hydrogen-bond acceptors (Lipinski definition) is 7. The van der Waals surface area contributed by atoms with E-state index in [1.165, 1.54) is 19.1 Å². The van der Waals surface area contributed by atoms with Gasteiger partial charge in [0.15, 0.2) is 0 Å². The molecule has 1 aliphatic carbocycles. The average Bonchev–Trinajstić information content (AvgIpc) is 3.09. The van der Waals surface area contributed by atoms with E-state index in [0.29, 0.717) is 12.3 Å². The average molecular weight is 427 g/mol. The fourth-order valence-electron chi connectivity index (χ4n) is 4.45. The highest BCUT2D eigenvalue weighted by Crippen LogP contribution is 2.34. The summed E-state index contributed by atoms with van der Waals surface area (Å²) in [5, 5.41) is -0.726. The van der Waals surface area contributed by atoms with Crippen LogP contribution >= 0.6 is 0 Å². The van der Waals surface area contributed by atoms with Gasteiger partial charge in [0, 0.05) is 24.4 Å². The molecule has 1 saturated carbocycles. The van der Waals surface area contributed by atoms with Crippen LogP contribution in [0.2, 0.25) is 0 Å². The van der Waals surface area contributed by atoms with Crippen molar-refractivity contribution in [1.82, 2.24) is 19.6 Å². The second kappa shape index (κ2) is 9.36. The third-order valence-corrected chi connectivity index (χ3v) is 7.90. The molecule has 3 atom stereocenters. The number of carbonyl (C=O) groups excluding carboxylic acids is 1. The number of carbonyl (C=O) groups is 1. The molecule has 2 heterocycles. The van der Waals surface area contributed by atoms with Gasteiger partial charge >= 0.3 is 6.09 Å². The summed E-state index contributed by atoms with van der Waals surface area (Å²) in [5.74, 6) is 1.19. The number of hydrogen-bond donors (Lipinski definition) is 1. The van der Waals surface area contributed by atoms with Crippen molar-refractivity contribution >= 4 is 16.1 Å². The van der Waals surface area contributed by atoms with Gasteiger partial charge in [0.25, 0.3) is 0 Å². The van der Waals surface area contributed by atoms with Gasteiger partial charge < -0.3 is 9.47 Å². The van der Waals surface area contributed by atoms with Crippen LogP contribution in [0.5, 0.6) is 0 Å². The molecule has 2 fully saturated rings. The number of amides is 1. The van der Waals surface area contributed by atoms with Crippen LogP contribution in [0.4, 0.5) is 4.79 Å². The number of aromatic nitrogens is 2. The Labute approximate surface area is 172 Å². The third kappa shape index (κ3) is 4.87. The Morgan fingerprint density at radius 2 is 1.90 bits per heavy atom. The number of rotatable bonds is 6. The predicted octanol–water partition coefficient (Wildman–Crippen LogP) is 1.67. The highest BCUT2D eigenvalue weighted by Gasteiger charge is 2.48. The fourth-order valence-corrected chi connectivity index (χ4v) is 5.91. The Hall–Kier alpha value is -1.78. The first kappa shape index (κ1) is 21.9. The molecule has 2 aliphatic rings. The highest BCUT2D eigenvalue weighted by atomic mass is 32.2. The molecule has 10 heteroatoms. The zero-order valence-electron chi connectivity index (χ0n) is 17.2. The van der Waals surface area contributed by atoms with Crippen molar-refractivity contribution in [2.24, 2.45) is 0 Å². The summed E-state index contributed by atoms with van der Waals surface area (Å²) in [7, 11) is -0.849. The van der Waals surface area contributed by atoms with Crippen LogP contribution in [0.3, 0.4) is 0 Å². The first-order valence-electron chi connectivity index (χ1n) is 10.0. The van der Waals surface area contributed by atoms with Crippen LogP contribution in [-0.4, -0.2) is 73.6 Å². The maximum atomic E-state index is 12.5. The summed E-state index contributed by atoms with van der Waals surface area (Å²) in [4.78, 5) is 22.5. The van der Waals surface area contributed by atoms with E-state index in [1.54, 1.807) is 12.4 Å².